The first-order valence-electron chi connectivity index (χ1n) is 7.33. The third kappa shape index (κ3) is 4.73. The summed E-state index contributed by atoms with van der Waals surface area (Å²) in [7, 11) is 0. The van der Waals surface area contributed by atoms with E-state index >= 15 is 0 Å². The molecule has 0 aliphatic heterocycles. The Morgan fingerprint density at radius 1 is 1.32 bits per heavy atom. The lowest BCUT2D eigenvalue weighted by Gasteiger charge is -2.04. The number of ether oxygens (including phenoxy) is 1. The van der Waals surface area contributed by atoms with Gasteiger partial charge in [0.15, 0.2) is 0 Å². The maximum Gasteiger partial charge on any atom is 0.252 e. The average Bonchev–Trinajstić information content (AvgIpc) is 2.53. The molecule has 0 fully saturated rings. The molecular formula is C16H20N4O2. The summed E-state index contributed by atoms with van der Waals surface area (Å²) >= 11 is 0. The van der Waals surface area contributed by atoms with Crippen molar-refractivity contribution in [1.29, 1.82) is 0 Å². The van der Waals surface area contributed by atoms with Gasteiger partial charge in [0.1, 0.15) is 5.75 Å². The van der Waals surface area contributed by atoms with Crippen LogP contribution in [0.15, 0.2) is 40.2 Å². The van der Waals surface area contributed by atoms with E-state index in [9.17, 15) is 4.79 Å². The summed E-state index contributed by atoms with van der Waals surface area (Å²) in [4.78, 5) is 18.2. The van der Waals surface area contributed by atoms with Crippen molar-refractivity contribution >= 4 is 12.2 Å². The molecule has 1 aromatic carbocycles. The number of nitrogens with zero attached hydrogens (tertiary/aromatic N) is 2. The fraction of sp³-hybridized carbons (Fsp3) is 0.312. The Labute approximate surface area is 129 Å². The molecule has 2 aromatic rings. The molecule has 0 spiro atoms. The highest BCUT2D eigenvalue weighted by Crippen LogP contribution is 2.11. The first-order chi connectivity index (χ1) is 10.7. The van der Waals surface area contributed by atoms with Gasteiger partial charge in [-0.05, 0) is 42.7 Å². The van der Waals surface area contributed by atoms with Crippen LogP contribution in [-0.4, -0.2) is 22.8 Å². The molecule has 0 amide bonds. The van der Waals surface area contributed by atoms with E-state index in [-0.39, 0.29) is 5.56 Å². The highest BCUT2D eigenvalue weighted by molar-refractivity contribution is 5.80. The van der Waals surface area contributed by atoms with E-state index in [2.05, 4.69) is 27.4 Å². The van der Waals surface area contributed by atoms with E-state index in [1.807, 2.05) is 31.2 Å². The number of aryl methyl sites for hydroxylation is 1. The third-order valence-corrected chi connectivity index (χ3v) is 2.89. The van der Waals surface area contributed by atoms with Gasteiger partial charge in [-0.25, -0.2) is 10.4 Å². The molecule has 0 unspecified atom stereocenters. The molecule has 0 atom stereocenters. The van der Waals surface area contributed by atoms with Crippen LogP contribution in [0.5, 0.6) is 5.75 Å². The monoisotopic (exact) mass is 300 g/mol. The largest absolute Gasteiger partial charge is 0.494 e. The lowest BCUT2D eigenvalue weighted by atomic mass is 10.2. The van der Waals surface area contributed by atoms with Gasteiger partial charge in [0.05, 0.1) is 12.8 Å². The zero-order valence-corrected chi connectivity index (χ0v) is 12.8. The molecule has 6 nitrogen and oxygen atoms in total. The van der Waals surface area contributed by atoms with Gasteiger partial charge in [-0.15, -0.1) is 0 Å². The van der Waals surface area contributed by atoms with Crippen LogP contribution in [0.1, 0.15) is 31.5 Å². The Bertz CT molecular complexity index is 677. The molecule has 2 N–H and O–H groups in total. The lowest BCUT2D eigenvalue weighted by molar-refractivity contribution is 0.317. The van der Waals surface area contributed by atoms with E-state index in [0.717, 1.165) is 23.4 Å². The molecule has 0 bridgehead atoms. The quantitative estimate of drug-likeness (QED) is 0.608. The number of hydrazone groups is 1. The second-order valence-electron chi connectivity index (χ2n) is 4.73. The summed E-state index contributed by atoms with van der Waals surface area (Å²) in [6, 6.07) is 9.09. The smallest absolute Gasteiger partial charge is 0.252 e. The Balaban J connectivity index is 1.97. The van der Waals surface area contributed by atoms with E-state index < -0.39 is 0 Å². The number of rotatable bonds is 7. The zero-order chi connectivity index (χ0) is 15.8. The maximum absolute atomic E-state index is 11.4. The van der Waals surface area contributed by atoms with Gasteiger partial charge in [0.25, 0.3) is 5.56 Å². The molecule has 1 aromatic heterocycles. The van der Waals surface area contributed by atoms with Crippen LogP contribution in [0.25, 0.3) is 0 Å². The number of hydrogen-bond donors (Lipinski definition) is 2. The Morgan fingerprint density at radius 2 is 2.09 bits per heavy atom. The minimum atomic E-state index is -0.193. The molecule has 22 heavy (non-hydrogen) atoms. The van der Waals surface area contributed by atoms with Crippen LogP contribution in [0.2, 0.25) is 0 Å². The third-order valence-electron chi connectivity index (χ3n) is 2.89. The van der Waals surface area contributed by atoms with Gasteiger partial charge in [0, 0.05) is 11.8 Å². The number of hydrogen-bond acceptors (Lipinski definition) is 5. The average molecular weight is 300 g/mol. The van der Waals surface area contributed by atoms with Gasteiger partial charge in [-0.3, -0.25) is 9.78 Å². The first-order valence-corrected chi connectivity index (χ1v) is 7.33. The van der Waals surface area contributed by atoms with Crippen molar-refractivity contribution in [2.45, 2.75) is 26.7 Å². The molecule has 1 heterocycles. The van der Waals surface area contributed by atoms with E-state index in [1.165, 1.54) is 6.07 Å². The van der Waals surface area contributed by atoms with Crippen LogP contribution in [0, 0.1) is 0 Å². The van der Waals surface area contributed by atoms with Crippen LogP contribution >= 0.6 is 0 Å². The molecular weight excluding hydrogens is 280 g/mol. The molecule has 0 aliphatic carbocycles. The van der Waals surface area contributed by atoms with Gasteiger partial charge >= 0.3 is 0 Å². The summed E-state index contributed by atoms with van der Waals surface area (Å²) in [6.07, 6.45) is 3.33. The maximum atomic E-state index is 11.4. The predicted molar refractivity (Wildman–Crippen MR) is 87.7 cm³/mol. The highest BCUT2D eigenvalue weighted by Gasteiger charge is 1.98. The molecule has 0 saturated carbocycles. The van der Waals surface area contributed by atoms with Crippen molar-refractivity contribution in [2.24, 2.45) is 5.10 Å². The summed E-state index contributed by atoms with van der Waals surface area (Å²) in [5.74, 6) is 1.18. The molecule has 0 saturated heterocycles. The van der Waals surface area contributed by atoms with E-state index in [0.29, 0.717) is 19.0 Å². The van der Waals surface area contributed by atoms with Crippen molar-refractivity contribution in [3.63, 3.8) is 0 Å². The molecule has 116 valence electrons. The number of nitrogens with one attached hydrogen (secondary N) is 2. The van der Waals surface area contributed by atoms with Crippen LogP contribution < -0.4 is 15.7 Å². The summed E-state index contributed by atoms with van der Waals surface area (Å²) in [6.45, 7) is 4.72. The van der Waals surface area contributed by atoms with Crippen LogP contribution in [0.4, 0.5) is 5.95 Å². The molecule has 0 aliphatic rings. The van der Waals surface area contributed by atoms with Gasteiger partial charge in [-0.2, -0.15) is 5.10 Å². The molecule has 2 rings (SSSR count). The number of aromatic amines is 1. The van der Waals surface area contributed by atoms with Crippen molar-refractivity contribution in [2.75, 3.05) is 12.0 Å². The number of anilines is 1. The Kier molecular flexibility index (Phi) is 5.71. The lowest BCUT2D eigenvalue weighted by Crippen LogP contribution is -2.11. The number of H-pyrrole nitrogens is 1. The molecule has 0 radical (unpaired) electrons. The van der Waals surface area contributed by atoms with Crippen LogP contribution in [-0.2, 0) is 6.42 Å². The fourth-order valence-electron chi connectivity index (χ4n) is 1.78. The number of benzene rings is 1. The van der Waals surface area contributed by atoms with Crippen molar-refractivity contribution in [1.82, 2.24) is 9.97 Å². The van der Waals surface area contributed by atoms with E-state index in [1.54, 1.807) is 6.21 Å². The topological polar surface area (TPSA) is 79.4 Å². The zero-order valence-electron chi connectivity index (χ0n) is 12.8. The van der Waals surface area contributed by atoms with Crippen LogP contribution in [0.3, 0.4) is 0 Å². The summed E-state index contributed by atoms with van der Waals surface area (Å²) in [5, 5.41) is 4.07. The summed E-state index contributed by atoms with van der Waals surface area (Å²) in [5.41, 5.74) is 4.18. The second-order valence-corrected chi connectivity index (χ2v) is 4.73. The fourth-order valence-corrected chi connectivity index (χ4v) is 1.78. The number of aromatic nitrogens is 2. The Morgan fingerprint density at radius 3 is 2.77 bits per heavy atom. The SMILES string of the molecule is CCCOc1ccc(/C=N\Nc2nc(CC)cc(=O)[nH]2)cc1. The second kappa shape index (κ2) is 7.97. The van der Waals surface area contributed by atoms with Crippen molar-refractivity contribution in [3.8, 4) is 5.75 Å². The van der Waals surface area contributed by atoms with E-state index in [4.69, 9.17) is 4.74 Å². The Hall–Kier alpha value is -2.63. The van der Waals surface area contributed by atoms with Gasteiger partial charge in [0.2, 0.25) is 5.95 Å². The summed E-state index contributed by atoms with van der Waals surface area (Å²) < 4.78 is 5.51. The molecule has 6 heteroatoms. The minimum absolute atomic E-state index is 0.193. The standard InChI is InChI=1S/C16H20N4O2/c1-3-9-22-14-7-5-12(6-8-14)11-17-20-16-18-13(4-2)10-15(21)19-16/h5-8,10-11H,3-4,9H2,1-2H3,(H2,18,19,20,21)/b17-11-. The predicted octanol–water partition coefficient (Wildman–Crippen LogP) is 2.57. The van der Waals surface area contributed by atoms with Crippen molar-refractivity contribution in [3.05, 3.63) is 51.9 Å². The highest BCUT2D eigenvalue weighted by atomic mass is 16.5. The first kappa shape index (κ1) is 15.8. The normalized spacial score (nSPS) is 10.8. The van der Waals surface area contributed by atoms with Gasteiger partial charge < -0.3 is 4.74 Å². The van der Waals surface area contributed by atoms with Gasteiger partial charge in [-0.1, -0.05) is 13.8 Å². The van der Waals surface area contributed by atoms with Crippen molar-refractivity contribution < 1.29 is 4.74 Å². The minimum Gasteiger partial charge on any atom is -0.494 e.